The quantitative estimate of drug-likeness (QED) is 0.546. The molecule has 0 spiro atoms. The Morgan fingerprint density at radius 3 is 2.27 bits per heavy atom. The lowest BCUT2D eigenvalue weighted by atomic mass is 10.0. The van der Waals surface area contributed by atoms with Crippen LogP contribution in [0.1, 0.15) is 33.7 Å². The number of nitrogens with zero attached hydrogens (tertiary/aromatic N) is 3. The Morgan fingerprint density at radius 2 is 1.64 bits per heavy atom. The fourth-order valence-electron chi connectivity index (χ4n) is 3.69. The fourth-order valence-corrected chi connectivity index (χ4v) is 3.69. The molecule has 10 heteroatoms. The summed E-state index contributed by atoms with van der Waals surface area (Å²) in [6.07, 6.45) is 2.26. The zero-order chi connectivity index (χ0) is 23.5. The number of hydrogen-bond acceptors (Lipinski definition) is 5. The number of amides is 4. The van der Waals surface area contributed by atoms with E-state index in [2.05, 4.69) is 10.4 Å². The van der Waals surface area contributed by atoms with Crippen molar-refractivity contribution >= 4 is 29.3 Å². The molecule has 0 bridgehead atoms. The van der Waals surface area contributed by atoms with Gasteiger partial charge in [0, 0.05) is 31.5 Å². The molecule has 0 saturated carbocycles. The van der Waals surface area contributed by atoms with Crippen molar-refractivity contribution in [2.45, 2.75) is 12.8 Å². The largest absolute Gasteiger partial charge is 0.364 e. The minimum Gasteiger partial charge on any atom is -0.364 e. The van der Waals surface area contributed by atoms with Crippen molar-refractivity contribution < 1.29 is 19.2 Å². The van der Waals surface area contributed by atoms with Crippen LogP contribution in [0.2, 0.25) is 0 Å². The van der Waals surface area contributed by atoms with Gasteiger partial charge in [-0.05, 0) is 35.4 Å². The number of benzene rings is 2. The summed E-state index contributed by atoms with van der Waals surface area (Å²) in [7, 11) is 0. The first-order chi connectivity index (χ1) is 15.8. The van der Waals surface area contributed by atoms with E-state index in [1.54, 1.807) is 23.1 Å². The summed E-state index contributed by atoms with van der Waals surface area (Å²) < 4.78 is 1.42. The number of ketones is 1. The second-order valence-electron chi connectivity index (χ2n) is 7.65. The van der Waals surface area contributed by atoms with Crippen molar-refractivity contribution in [2.75, 3.05) is 18.4 Å². The van der Waals surface area contributed by atoms with Gasteiger partial charge in [-0.2, -0.15) is 5.10 Å². The number of nitrogens with two attached hydrogens (primary N) is 2. The Balaban J connectivity index is 1.57. The van der Waals surface area contributed by atoms with E-state index in [0.29, 0.717) is 37.2 Å². The third-order valence-corrected chi connectivity index (χ3v) is 5.39. The van der Waals surface area contributed by atoms with Gasteiger partial charge in [0.05, 0.1) is 17.6 Å². The number of carbonyl (C=O) groups is 4. The summed E-state index contributed by atoms with van der Waals surface area (Å²) in [6, 6.07) is 13.7. The van der Waals surface area contributed by atoms with E-state index < -0.39 is 11.9 Å². The summed E-state index contributed by atoms with van der Waals surface area (Å²) >= 11 is 0. The molecule has 4 rings (SSSR count). The number of primary amides is 2. The maximum Gasteiger partial charge on any atom is 0.316 e. The minimum absolute atomic E-state index is 0.0900. The van der Waals surface area contributed by atoms with Gasteiger partial charge in [0.25, 0.3) is 11.8 Å². The first-order valence-electron chi connectivity index (χ1n) is 10.3. The smallest absolute Gasteiger partial charge is 0.316 e. The van der Waals surface area contributed by atoms with Gasteiger partial charge in [0.2, 0.25) is 0 Å². The topological polar surface area (TPSA) is 153 Å². The molecule has 0 atom stereocenters. The molecule has 5 N–H and O–H groups in total. The molecule has 1 saturated heterocycles. The van der Waals surface area contributed by atoms with Crippen LogP contribution < -0.4 is 16.8 Å². The maximum atomic E-state index is 12.7. The Hall–Kier alpha value is -4.47. The van der Waals surface area contributed by atoms with Gasteiger partial charge in [-0.15, -0.1) is 0 Å². The van der Waals surface area contributed by atoms with Crippen molar-refractivity contribution in [3.05, 3.63) is 66.0 Å². The maximum absolute atomic E-state index is 12.7. The zero-order valence-electron chi connectivity index (χ0n) is 17.7. The summed E-state index contributed by atoms with van der Waals surface area (Å²) in [5.41, 5.74) is 13.4. The first kappa shape index (κ1) is 21.8. The summed E-state index contributed by atoms with van der Waals surface area (Å²) in [6.45, 7) is 0.899. The first-order valence-corrected chi connectivity index (χ1v) is 10.3. The molecular weight excluding hydrogens is 424 g/mol. The molecule has 1 aliphatic rings. The van der Waals surface area contributed by atoms with Gasteiger partial charge in [-0.1, -0.05) is 24.3 Å². The molecule has 0 aliphatic carbocycles. The molecule has 0 radical (unpaired) electrons. The number of carbonyl (C=O) groups excluding carboxylic acids is 4. The van der Waals surface area contributed by atoms with Crippen molar-refractivity contribution in [3.8, 4) is 16.8 Å². The molecule has 1 fully saturated rings. The standard InChI is InChI=1S/C23H22N6O4/c24-21(31)20-19(26-23(25)33)13-29(27-20)17-3-1-2-16(12-17)14-4-6-15(7-5-14)22(32)28-10-8-18(30)9-11-28/h1-7,12-13H,8-11H2,(H2,24,31)(H3,25,26,33). The SMILES string of the molecule is NC(=O)Nc1cn(-c2cccc(-c3ccc(C(=O)N4CCC(=O)CC4)cc3)c2)nc1C(N)=O. The van der Waals surface area contributed by atoms with Crippen LogP contribution in [0.5, 0.6) is 0 Å². The van der Waals surface area contributed by atoms with Crippen LogP contribution in [-0.2, 0) is 4.79 Å². The van der Waals surface area contributed by atoms with Crippen LogP contribution in [0, 0.1) is 0 Å². The van der Waals surface area contributed by atoms with Crippen LogP contribution >= 0.6 is 0 Å². The molecule has 0 unspecified atom stereocenters. The lowest BCUT2D eigenvalue weighted by Crippen LogP contribution is -2.38. The molecule has 10 nitrogen and oxygen atoms in total. The molecule has 3 aromatic rings. The van der Waals surface area contributed by atoms with Crippen LogP contribution in [0.4, 0.5) is 10.5 Å². The third-order valence-electron chi connectivity index (χ3n) is 5.39. The number of rotatable bonds is 5. The fraction of sp³-hybridized carbons (Fsp3) is 0.174. The molecule has 33 heavy (non-hydrogen) atoms. The van der Waals surface area contributed by atoms with Crippen LogP contribution in [0.3, 0.4) is 0 Å². The predicted octanol–water partition coefficient (Wildman–Crippen LogP) is 1.93. The summed E-state index contributed by atoms with van der Waals surface area (Å²) in [5.74, 6) is -0.702. The number of aromatic nitrogens is 2. The van der Waals surface area contributed by atoms with Crippen LogP contribution in [-0.4, -0.2) is 51.4 Å². The van der Waals surface area contributed by atoms with E-state index >= 15 is 0 Å². The number of piperidine rings is 1. The molecule has 4 amide bonds. The van der Waals surface area contributed by atoms with Crippen molar-refractivity contribution in [2.24, 2.45) is 11.5 Å². The lowest BCUT2D eigenvalue weighted by molar-refractivity contribution is -0.120. The van der Waals surface area contributed by atoms with Gasteiger partial charge in [-0.25, -0.2) is 9.48 Å². The van der Waals surface area contributed by atoms with Gasteiger partial charge in [-0.3, -0.25) is 14.4 Å². The number of Topliss-reactive ketones (excluding diaryl/α,β-unsaturated/α-hetero) is 1. The van der Waals surface area contributed by atoms with Gasteiger partial charge >= 0.3 is 6.03 Å². The van der Waals surface area contributed by atoms with Crippen LogP contribution in [0.15, 0.2) is 54.7 Å². The Morgan fingerprint density at radius 1 is 0.939 bits per heavy atom. The Bertz CT molecular complexity index is 1240. The van der Waals surface area contributed by atoms with Crippen molar-refractivity contribution in [1.29, 1.82) is 0 Å². The number of hydrogen-bond donors (Lipinski definition) is 3. The minimum atomic E-state index is -0.836. The highest BCUT2D eigenvalue weighted by molar-refractivity contribution is 6.00. The van der Waals surface area contributed by atoms with Crippen molar-refractivity contribution in [3.63, 3.8) is 0 Å². The second-order valence-corrected chi connectivity index (χ2v) is 7.65. The van der Waals surface area contributed by atoms with Crippen LogP contribution in [0.25, 0.3) is 16.8 Å². The van der Waals surface area contributed by atoms with E-state index in [1.807, 2.05) is 30.3 Å². The van der Waals surface area contributed by atoms with E-state index in [1.165, 1.54) is 10.9 Å². The molecule has 168 valence electrons. The monoisotopic (exact) mass is 446 g/mol. The van der Waals surface area contributed by atoms with Gasteiger partial charge in [0.15, 0.2) is 5.69 Å². The summed E-state index contributed by atoms with van der Waals surface area (Å²) in [5, 5.41) is 6.50. The molecule has 2 aromatic carbocycles. The van der Waals surface area contributed by atoms with Crippen molar-refractivity contribution in [1.82, 2.24) is 14.7 Å². The van der Waals surface area contributed by atoms with Gasteiger partial charge < -0.3 is 21.7 Å². The molecule has 1 aliphatic heterocycles. The zero-order valence-corrected chi connectivity index (χ0v) is 17.7. The molecular formula is C23H22N6O4. The highest BCUT2D eigenvalue weighted by Crippen LogP contribution is 2.25. The average molecular weight is 446 g/mol. The molecule has 1 aromatic heterocycles. The predicted molar refractivity (Wildman–Crippen MR) is 121 cm³/mol. The number of likely N-dealkylation sites (tertiary alicyclic amines) is 1. The average Bonchev–Trinajstić information content (AvgIpc) is 3.23. The highest BCUT2D eigenvalue weighted by Gasteiger charge is 2.22. The van der Waals surface area contributed by atoms with E-state index in [4.69, 9.17) is 11.5 Å². The third kappa shape index (κ3) is 4.74. The second kappa shape index (κ2) is 8.95. The van der Waals surface area contributed by atoms with E-state index in [9.17, 15) is 19.2 Å². The number of nitrogens with one attached hydrogen (secondary N) is 1. The van der Waals surface area contributed by atoms with Gasteiger partial charge in [0.1, 0.15) is 5.78 Å². The Kier molecular flexibility index (Phi) is 5.90. The van der Waals surface area contributed by atoms with E-state index in [-0.39, 0.29) is 23.1 Å². The molecule has 2 heterocycles. The normalized spacial score (nSPS) is 13.6. The number of urea groups is 1. The highest BCUT2D eigenvalue weighted by atomic mass is 16.2. The van der Waals surface area contributed by atoms with E-state index in [0.717, 1.165) is 11.1 Å². The number of anilines is 1. The lowest BCUT2D eigenvalue weighted by Gasteiger charge is -2.26. The Labute approximate surface area is 189 Å². The summed E-state index contributed by atoms with van der Waals surface area (Å²) in [4.78, 5) is 48.7.